The van der Waals surface area contributed by atoms with Crippen molar-refractivity contribution < 1.29 is 0 Å². The second-order valence-corrected chi connectivity index (χ2v) is 5.17. The van der Waals surface area contributed by atoms with Crippen LogP contribution in [-0.4, -0.2) is 16.5 Å². The van der Waals surface area contributed by atoms with Gasteiger partial charge < -0.3 is 10.3 Å². The molecule has 1 unspecified atom stereocenters. The molecule has 0 spiro atoms. The summed E-state index contributed by atoms with van der Waals surface area (Å²) in [5.41, 5.74) is 5.49. The second kappa shape index (κ2) is 6.02. The Morgan fingerprint density at radius 3 is 2.42 bits per heavy atom. The highest BCUT2D eigenvalue weighted by Gasteiger charge is 2.16. The standard InChI is InChI=1S/C16H23N3/c1-5-17-15(16-18-6-7-19-16)10-14-12(3)8-11(2)9-13(14)4/h6-9,15,17H,5,10H2,1-4H3,(H,18,19). The van der Waals surface area contributed by atoms with Crippen LogP contribution in [0.15, 0.2) is 24.5 Å². The maximum Gasteiger partial charge on any atom is 0.123 e. The Bertz CT molecular complexity index is 506. The van der Waals surface area contributed by atoms with Gasteiger partial charge in [-0.25, -0.2) is 4.98 Å². The minimum Gasteiger partial charge on any atom is -0.347 e. The van der Waals surface area contributed by atoms with Gasteiger partial charge in [0.15, 0.2) is 0 Å². The van der Waals surface area contributed by atoms with Crippen LogP contribution in [0, 0.1) is 20.8 Å². The van der Waals surface area contributed by atoms with Gasteiger partial charge in [0.05, 0.1) is 6.04 Å². The molecule has 1 aromatic carbocycles. The van der Waals surface area contributed by atoms with Gasteiger partial charge in [0.1, 0.15) is 5.82 Å². The van der Waals surface area contributed by atoms with Crippen molar-refractivity contribution in [1.29, 1.82) is 0 Å². The predicted molar refractivity (Wildman–Crippen MR) is 79.4 cm³/mol. The van der Waals surface area contributed by atoms with Gasteiger partial charge in [0.25, 0.3) is 0 Å². The van der Waals surface area contributed by atoms with Gasteiger partial charge in [0, 0.05) is 12.4 Å². The molecule has 1 heterocycles. The normalized spacial score (nSPS) is 12.6. The molecule has 1 atom stereocenters. The highest BCUT2D eigenvalue weighted by Crippen LogP contribution is 2.22. The lowest BCUT2D eigenvalue weighted by molar-refractivity contribution is 0.524. The van der Waals surface area contributed by atoms with Gasteiger partial charge in [-0.3, -0.25) is 0 Å². The van der Waals surface area contributed by atoms with E-state index < -0.39 is 0 Å². The molecule has 0 radical (unpaired) electrons. The summed E-state index contributed by atoms with van der Waals surface area (Å²) in [6.45, 7) is 9.61. The average molecular weight is 257 g/mol. The zero-order valence-corrected chi connectivity index (χ0v) is 12.2. The van der Waals surface area contributed by atoms with E-state index in [0.717, 1.165) is 18.8 Å². The Labute approximate surface area is 115 Å². The molecule has 0 aliphatic heterocycles. The lowest BCUT2D eigenvalue weighted by Crippen LogP contribution is -2.24. The number of aromatic nitrogens is 2. The number of nitrogens with one attached hydrogen (secondary N) is 2. The van der Waals surface area contributed by atoms with Crippen LogP contribution in [0.2, 0.25) is 0 Å². The maximum absolute atomic E-state index is 4.39. The maximum atomic E-state index is 4.39. The first-order chi connectivity index (χ1) is 9.11. The Kier molecular flexibility index (Phi) is 4.38. The Morgan fingerprint density at radius 2 is 1.89 bits per heavy atom. The number of hydrogen-bond acceptors (Lipinski definition) is 2. The topological polar surface area (TPSA) is 40.7 Å². The first-order valence-electron chi connectivity index (χ1n) is 6.91. The third-order valence-electron chi connectivity index (χ3n) is 3.55. The van der Waals surface area contributed by atoms with Crippen LogP contribution in [0.3, 0.4) is 0 Å². The number of likely N-dealkylation sites (N-methyl/N-ethyl adjacent to an activating group) is 1. The Morgan fingerprint density at radius 1 is 1.21 bits per heavy atom. The minimum absolute atomic E-state index is 0.250. The first kappa shape index (κ1) is 13.8. The van der Waals surface area contributed by atoms with E-state index in [1.54, 1.807) is 0 Å². The van der Waals surface area contributed by atoms with Gasteiger partial charge in [-0.05, 0) is 50.4 Å². The van der Waals surface area contributed by atoms with Gasteiger partial charge in [0.2, 0.25) is 0 Å². The Balaban J connectivity index is 2.27. The monoisotopic (exact) mass is 257 g/mol. The zero-order chi connectivity index (χ0) is 13.8. The molecule has 2 N–H and O–H groups in total. The third kappa shape index (κ3) is 3.24. The van der Waals surface area contributed by atoms with E-state index in [1.165, 1.54) is 22.3 Å². The first-order valence-corrected chi connectivity index (χ1v) is 6.91. The van der Waals surface area contributed by atoms with Gasteiger partial charge in [-0.15, -0.1) is 0 Å². The average Bonchev–Trinajstić information content (AvgIpc) is 2.85. The number of aromatic amines is 1. The highest BCUT2D eigenvalue weighted by atomic mass is 15.0. The molecule has 2 rings (SSSR count). The molecule has 3 heteroatoms. The van der Waals surface area contributed by atoms with E-state index in [0.29, 0.717) is 0 Å². The lowest BCUT2D eigenvalue weighted by Gasteiger charge is -2.19. The SMILES string of the molecule is CCNC(Cc1c(C)cc(C)cc1C)c1ncc[nH]1. The van der Waals surface area contributed by atoms with Crippen LogP contribution < -0.4 is 5.32 Å². The van der Waals surface area contributed by atoms with Gasteiger partial charge in [-0.2, -0.15) is 0 Å². The van der Waals surface area contributed by atoms with E-state index in [-0.39, 0.29) is 6.04 Å². The molecule has 1 aromatic heterocycles. The molecular weight excluding hydrogens is 234 g/mol. The third-order valence-corrected chi connectivity index (χ3v) is 3.55. The number of benzene rings is 1. The minimum atomic E-state index is 0.250. The van der Waals surface area contributed by atoms with E-state index >= 15 is 0 Å². The fourth-order valence-corrected chi connectivity index (χ4v) is 2.72. The zero-order valence-electron chi connectivity index (χ0n) is 12.2. The molecule has 0 bridgehead atoms. The van der Waals surface area contributed by atoms with E-state index in [9.17, 15) is 0 Å². The lowest BCUT2D eigenvalue weighted by atomic mass is 9.94. The summed E-state index contributed by atoms with van der Waals surface area (Å²) in [5, 5.41) is 3.51. The quantitative estimate of drug-likeness (QED) is 0.863. The summed E-state index contributed by atoms with van der Waals surface area (Å²) >= 11 is 0. The molecule has 19 heavy (non-hydrogen) atoms. The van der Waals surface area contributed by atoms with Crippen molar-refractivity contribution >= 4 is 0 Å². The Hall–Kier alpha value is -1.61. The predicted octanol–water partition coefficient (Wildman–Crippen LogP) is 3.23. The number of imidazole rings is 1. The summed E-state index contributed by atoms with van der Waals surface area (Å²) in [5.74, 6) is 1.02. The number of hydrogen-bond donors (Lipinski definition) is 2. The molecule has 0 aliphatic carbocycles. The van der Waals surface area contributed by atoms with Gasteiger partial charge >= 0.3 is 0 Å². The number of nitrogens with zero attached hydrogens (tertiary/aromatic N) is 1. The van der Waals surface area contributed by atoms with Crippen LogP contribution in [0.1, 0.15) is 41.0 Å². The van der Waals surface area contributed by atoms with Crippen LogP contribution in [0.25, 0.3) is 0 Å². The van der Waals surface area contributed by atoms with Gasteiger partial charge in [-0.1, -0.05) is 24.6 Å². The van der Waals surface area contributed by atoms with Crippen LogP contribution in [0.5, 0.6) is 0 Å². The number of H-pyrrole nitrogens is 1. The van der Waals surface area contributed by atoms with Crippen molar-refractivity contribution in [2.45, 2.75) is 40.2 Å². The molecule has 0 saturated carbocycles. The smallest absolute Gasteiger partial charge is 0.123 e. The van der Waals surface area contributed by atoms with Crippen molar-refractivity contribution in [3.8, 4) is 0 Å². The second-order valence-electron chi connectivity index (χ2n) is 5.17. The number of rotatable bonds is 5. The van der Waals surface area contributed by atoms with Crippen molar-refractivity contribution in [3.05, 3.63) is 52.6 Å². The fraction of sp³-hybridized carbons (Fsp3) is 0.438. The molecule has 0 fully saturated rings. The molecular formula is C16H23N3. The fourth-order valence-electron chi connectivity index (χ4n) is 2.72. The number of aryl methyl sites for hydroxylation is 3. The van der Waals surface area contributed by atoms with E-state index in [2.05, 4.69) is 55.1 Å². The van der Waals surface area contributed by atoms with E-state index in [1.807, 2.05) is 12.4 Å². The molecule has 102 valence electrons. The van der Waals surface area contributed by atoms with Crippen LogP contribution >= 0.6 is 0 Å². The summed E-state index contributed by atoms with van der Waals surface area (Å²) in [6, 6.07) is 4.76. The van der Waals surface area contributed by atoms with Crippen molar-refractivity contribution in [2.75, 3.05) is 6.54 Å². The molecule has 0 amide bonds. The molecule has 0 saturated heterocycles. The van der Waals surface area contributed by atoms with Crippen molar-refractivity contribution in [2.24, 2.45) is 0 Å². The molecule has 2 aromatic rings. The summed E-state index contributed by atoms with van der Waals surface area (Å²) < 4.78 is 0. The van der Waals surface area contributed by atoms with Crippen molar-refractivity contribution in [3.63, 3.8) is 0 Å². The summed E-state index contributed by atoms with van der Waals surface area (Å²) in [7, 11) is 0. The van der Waals surface area contributed by atoms with Crippen LogP contribution in [0.4, 0.5) is 0 Å². The van der Waals surface area contributed by atoms with E-state index in [4.69, 9.17) is 0 Å². The summed E-state index contributed by atoms with van der Waals surface area (Å²) in [4.78, 5) is 7.61. The summed E-state index contributed by atoms with van der Waals surface area (Å²) in [6.07, 6.45) is 4.67. The van der Waals surface area contributed by atoms with Crippen LogP contribution in [-0.2, 0) is 6.42 Å². The molecule has 3 nitrogen and oxygen atoms in total. The largest absolute Gasteiger partial charge is 0.347 e. The molecule has 0 aliphatic rings. The van der Waals surface area contributed by atoms with Crippen molar-refractivity contribution in [1.82, 2.24) is 15.3 Å². The highest BCUT2D eigenvalue weighted by molar-refractivity contribution is 5.38.